The maximum Gasteiger partial charge on any atom is 0.262 e. The van der Waals surface area contributed by atoms with Crippen molar-refractivity contribution in [3.63, 3.8) is 0 Å². The van der Waals surface area contributed by atoms with Gasteiger partial charge in [-0.25, -0.2) is 0 Å². The Morgan fingerprint density at radius 1 is 0.758 bits per heavy atom. The van der Waals surface area contributed by atoms with E-state index in [1.165, 1.54) is 97.1 Å². The molecule has 3 aromatic rings. The standard InChI is InChI=1S/C30H43N2S/c1-4-5-6-7-8-9-10-11-12-13-16-25-31(2)27-22-19-26(20-23-27)21-24-30-32(3)28-17-14-15-18-29(28)33-30/h14-15,17-24H,4-13,16,25H2,1-3H3/q+1. The fourth-order valence-corrected chi connectivity index (χ4v) is 5.47. The van der Waals surface area contributed by atoms with Gasteiger partial charge in [-0.05, 0) is 36.3 Å². The van der Waals surface area contributed by atoms with Crippen molar-refractivity contribution in [1.29, 1.82) is 0 Å². The number of nitrogens with zero attached hydrogens (tertiary/aromatic N) is 2. The summed E-state index contributed by atoms with van der Waals surface area (Å²) in [5, 5.41) is 1.27. The Morgan fingerprint density at radius 2 is 1.36 bits per heavy atom. The molecule has 0 aliphatic rings. The predicted octanol–water partition coefficient (Wildman–Crippen LogP) is 8.64. The number of para-hydroxylation sites is 1. The quantitative estimate of drug-likeness (QED) is 0.161. The highest BCUT2D eigenvalue weighted by Crippen LogP contribution is 2.22. The van der Waals surface area contributed by atoms with Crippen molar-refractivity contribution in [2.45, 2.75) is 77.6 Å². The molecule has 1 heterocycles. The average molecular weight is 464 g/mol. The first kappa shape index (κ1) is 25.5. The number of aryl methyl sites for hydroxylation is 1. The number of aromatic nitrogens is 1. The normalized spacial score (nSPS) is 11.6. The van der Waals surface area contributed by atoms with Crippen LogP contribution in [0.25, 0.3) is 22.4 Å². The van der Waals surface area contributed by atoms with Gasteiger partial charge in [0, 0.05) is 31.4 Å². The highest BCUT2D eigenvalue weighted by molar-refractivity contribution is 7.18. The van der Waals surface area contributed by atoms with Gasteiger partial charge in [-0.2, -0.15) is 4.57 Å². The molecule has 3 heteroatoms. The van der Waals surface area contributed by atoms with Crippen molar-refractivity contribution in [3.8, 4) is 0 Å². The third-order valence-corrected chi connectivity index (χ3v) is 7.81. The Morgan fingerprint density at radius 3 is 2.00 bits per heavy atom. The smallest absolute Gasteiger partial charge is 0.262 e. The second kappa shape index (κ2) is 14.2. The molecule has 0 atom stereocenters. The van der Waals surface area contributed by atoms with Crippen LogP contribution in [-0.2, 0) is 7.05 Å². The molecule has 2 nitrogen and oxygen atoms in total. The van der Waals surface area contributed by atoms with Crippen molar-refractivity contribution in [2.75, 3.05) is 18.5 Å². The Balaban J connectivity index is 1.35. The lowest BCUT2D eigenvalue weighted by molar-refractivity contribution is -0.642. The molecule has 0 aliphatic heterocycles. The van der Waals surface area contributed by atoms with E-state index in [1.807, 2.05) is 11.3 Å². The molecular formula is C30H43N2S+. The second-order valence-electron chi connectivity index (χ2n) is 9.35. The van der Waals surface area contributed by atoms with E-state index in [0.29, 0.717) is 0 Å². The first-order chi connectivity index (χ1) is 16.2. The molecule has 3 rings (SSSR count). The molecule has 0 bridgehead atoms. The number of fused-ring (bicyclic) bond motifs is 1. The van der Waals surface area contributed by atoms with Gasteiger partial charge < -0.3 is 4.90 Å². The summed E-state index contributed by atoms with van der Waals surface area (Å²) >= 11 is 1.84. The molecule has 1 aromatic heterocycles. The summed E-state index contributed by atoms with van der Waals surface area (Å²) < 4.78 is 3.60. The summed E-state index contributed by atoms with van der Waals surface area (Å²) in [6, 6.07) is 17.6. The minimum absolute atomic E-state index is 1.14. The van der Waals surface area contributed by atoms with Crippen LogP contribution in [0.1, 0.15) is 88.1 Å². The third-order valence-electron chi connectivity index (χ3n) is 6.62. The van der Waals surface area contributed by atoms with Gasteiger partial charge in [0.25, 0.3) is 5.01 Å². The van der Waals surface area contributed by atoms with Crippen LogP contribution < -0.4 is 9.47 Å². The van der Waals surface area contributed by atoms with Crippen LogP contribution >= 0.6 is 11.3 Å². The van der Waals surface area contributed by atoms with E-state index in [0.717, 1.165) is 6.54 Å². The van der Waals surface area contributed by atoms with Crippen molar-refractivity contribution in [3.05, 3.63) is 59.1 Å². The monoisotopic (exact) mass is 463 g/mol. The number of hydrogen-bond acceptors (Lipinski definition) is 2. The van der Waals surface area contributed by atoms with Gasteiger partial charge in [0.1, 0.15) is 11.7 Å². The molecule has 0 unspecified atom stereocenters. The van der Waals surface area contributed by atoms with Gasteiger partial charge in [0.05, 0.1) is 0 Å². The van der Waals surface area contributed by atoms with Crippen LogP contribution in [0.2, 0.25) is 0 Å². The lowest BCUT2D eigenvalue weighted by Crippen LogP contribution is -2.28. The molecule has 0 aliphatic carbocycles. The predicted molar refractivity (Wildman–Crippen MR) is 148 cm³/mol. The number of benzene rings is 2. The van der Waals surface area contributed by atoms with E-state index in [1.54, 1.807) is 0 Å². The Bertz CT molecular complexity index is 971. The highest BCUT2D eigenvalue weighted by atomic mass is 32.1. The fourth-order valence-electron chi connectivity index (χ4n) is 4.42. The minimum Gasteiger partial charge on any atom is -0.375 e. The first-order valence-electron chi connectivity index (χ1n) is 13.1. The lowest BCUT2D eigenvalue weighted by Gasteiger charge is -2.19. The van der Waals surface area contributed by atoms with Crippen molar-refractivity contribution in [1.82, 2.24) is 0 Å². The zero-order valence-corrected chi connectivity index (χ0v) is 21.9. The lowest BCUT2D eigenvalue weighted by atomic mass is 10.1. The molecule has 178 valence electrons. The molecule has 0 radical (unpaired) electrons. The Labute approximate surface area is 206 Å². The average Bonchev–Trinajstić information content (AvgIpc) is 3.17. The van der Waals surface area contributed by atoms with Gasteiger partial charge in [0.15, 0.2) is 0 Å². The highest BCUT2D eigenvalue weighted by Gasteiger charge is 2.13. The number of rotatable bonds is 15. The largest absolute Gasteiger partial charge is 0.375 e. The number of thiazole rings is 1. The molecule has 2 aromatic carbocycles. The number of unbranched alkanes of at least 4 members (excludes halogenated alkanes) is 10. The zero-order valence-electron chi connectivity index (χ0n) is 21.1. The van der Waals surface area contributed by atoms with Crippen molar-refractivity contribution in [2.24, 2.45) is 7.05 Å². The molecule has 0 saturated heterocycles. The maximum absolute atomic E-state index is 2.40. The van der Waals surface area contributed by atoms with Gasteiger partial charge in [-0.1, -0.05) is 107 Å². The molecule has 0 saturated carbocycles. The third kappa shape index (κ3) is 8.30. The summed E-state index contributed by atoms with van der Waals surface area (Å²) in [5.41, 5.74) is 3.85. The van der Waals surface area contributed by atoms with E-state index >= 15 is 0 Å². The van der Waals surface area contributed by atoms with Crippen LogP contribution in [0, 0.1) is 0 Å². The van der Waals surface area contributed by atoms with Crippen molar-refractivity contribution >= 4 is 39.4 Å². The summed E-state index contributed by atoms with van der Waals surface area (Å²) in [7, 11) is 4.36. The topological polar surface area (TPSA) is 7.12 Å². The molecule has 0 spiro atoms. The van der Waals surface area contributed by atoms with Gasteiger partial charge >= 0.3 is 0 Å². The summed E-state index contributed by atoms with van der Waals surface area (Å²) in [4.78, 5) is 2.40. The van der Waals surface area contributed by atoms with Gasteiger partial charge in [0.2, 0.25) is 5.52 Å². The minimum atomic E-state index is 1.14. The summed E-state index contributed by atoms with van der Waals surface area (Å²) in [6.07, 6.45) is 19.8. The SMILES string of the molecule is CCCCCCCCCCCCCN(C)c1ccc(/C=C/c2sc3ccccc3[n+]2C)cc1. The zero-order chi connectivity index (χ0) is 23.3. The Kier molecular flexibility index (Phi) is 11.0. The van der Waals surface area contributed by atoms with E-state index < -0.39 is 0 Å². The van der Waals surface area contributed by atoms with E-state index in [9.17, 15) is 0 Å². The van der Waals surface area contributed by atoms with Crippen molar-refractivity contribution < 1.29 is 4.57 Å². The van der Waals surface area contributed by atoms with Gasteiger partial charge in [-0.15, -0.1) is 0 Å². The molecule has 0 N–H and O–H groups in total. The van der Waals surface area contributed by atoms with E-state index in [-0.39, 0.29) is 0 Å². The van der Waals surface area contributed by atoms with Crippen LogP contribution in [-0.4, -0.2) is 13.6 Å². The fraction of sp³-hybridized carbons (Fsp3) is 0.500. The second-order valence-corrected chi connectivity index (χ2v) is 10.4. The molecule has 0 fully saturated rings. The molecule has 0 amide bonds. The summed E-state index contributed by atoms with van der Waals surface area (Å²) in [6.45, 7) is 3.43. The summed E-state index contributed by atoms with van der Waals surface area (Å²) in [5.74, 6) is 0. The van der Waals surface area contributed by atoms with Crippen LogP contribution in [0.15, 0.2) is 48.5 Å². The molecule has 33 heavy (non-hydrogen) atoms. The maximum atomic E-state index is 2.40. The van der Waals surface area contributed by atoms with Crippen LogP contribution in [0.5, 0.6) is 0 Å². The first-order valence-corrected chi connectivity index (χ1v) is 13.9. The number of anilines is 1. The van der Waals surface area contributed by atoms with Gasteiger partial charge in [-0.3, -0.25) is 0 Å². The Hall–Kier alpha value is -2.13. The van der Waals surface area contributed by atoms with E-state index in [2.05, 4.69) is 91.2 Å². The molecular weight excluding hydrogens is 420 g/mol. The van der Waals surface area contributed by atoms with Crippen LogP contribution in [0.4, 0.5) is 5.69 Å². The van der Waals surface area contributed by atoms with E-state index in [4.69, 9.17) is 0 Å². The number of hydrogen-bond donors (Lipinski definition) is 0. The van der Waals surface area contributed by atoms with Crippen LogP contribution in [0.3, 0.4) is 0 Å².